The normalized spacial score (nSPS) is 9.88. The SMILES string of the molecule is Cc1cccc(C#Cc2ccccc2)[n+]1CC(=O)c1ccccc1. The molecule has 0 aliphatic carbocycles. The van der Waals surface area contributed by atoms with Crippen LogP contribution >= 0.6 is 0 Å². The molecule has 0 radical (unpaired) electrons. The van der Waals surface area contributed by atoms with Crippen LogP contribution in [0.15, 0.2) is 78.9 Å². The molecule has 0 saturated heterocycles. The van der Waals surface area contributed by atoms with E-state index in [1.54, 1.807) is 0 Å². The Kier molecular flexibility index (Phi) is 4.84. The summed E-state index contributed by atoms with van der Waals surface area (Å²) >= 11 is 0. The third kappa shape index (κ3) is 3.77. The molecule has 0 bridgehead atoms. The highest BCUT2D eigenvalue weighted by Crippen LogP contribution is 2.03. The van der Waals surface area contributed by atoms with E-state index in [0.29, 0.717) is 0 Å². The van der Waals surface area contributed by atoms with Gasteiger partial charge in [0.15, 0.2) is 5.69 Å². The summed E-state index contributed by atoms with van der Waals surface area (Å²) in [6, 6.07) is 25.1. The second-order valence-electron chi connectivity index (χ2n) is 5.54. The summed E-state index contributed by atoms with van der Waals surface area (Å²) in [5, 5.41) is 0. The van der Waals surface area contributed by atoms with Gasteiger partial charge in [-0.3, -0.25) is 4.79 Å². The Morgan fingerprint density at radius 3 is 2.21 bits per heavy atom. The number of carbonyl (C=O) groups excluding carboxylic acids is 1. The number of rotatable bonds is 3. The van der Waals surface area contributed by atoms with Gasteiger partial charge in [-0.2, -0.15) is 4.57 Å². The first kappa shape index (κ1) is 15.7. The van der Waals surface area contributed by atoms with Crippen molar-refractivity contribution in [2.24, 2.45) is 0 Å². The molecular formula is C22H18NO+. The minimum Gasteiger partial charge on any atom is -0.287 e. The van der Waals surface area contributed by atoms with Gasteiger partial charge in [-0.05, 0) is 18.2 Å². The number of benzene rings is 2. The number of aromatic nitrogens is 1. The van der Waals surface area contributed by atoms with E-state index in [9.17, 15) is 4.79 Å². The van der Waals surface area contributed by atoms with E-state index >= 15 is 0 Å². The smallest absolute Gasteiger partial charge is 0.257 e. The highest BCUT2D eigenvalue weighted by atomic mass is 16.1. The fourth-order valence-electron chi connectivity index (χ4n) is 2.48. The molecule has 0 saturated carbocycles. The van der Waals surface area contributed by atoms with Crippen molar-refractivity contribution in [2.45, 2.75) is 13.5 Å². The Morgan fingerprint density at radius 1 is 0.833 bits per heavy atom. The maximum atomic E-state index is 12.5. The van der Waals surface area contributed by atoms with Crippen molar-refractivity contribution in [2.75, 3.05) is 0 Å². The Balaban J connectivity index is 1.91. The van der Waals surface area contributed by atoms with Gasteiger partial charge in [-0.15, -0.1) is 0 Å². The van der Waals surface area contributed by atoms with Crippen LogP contribution in [0, 0.1) is 18.8 Å². The molecule has 3 rings (SSSR count). The Labute approximate surface area is 142 Å². The predicted octanol–water partition coefficient (Wildman–Crippen LogP) is 3.57. The van der Waals surface area contributed by atoms with Gasteiger partial charge in [-0.25, -0.2) is 0 Å². The Morgan fingerprint density at radius 2 is 1.50 bits per heavy atom. The summed E-state index contributed by atoms with van der Waals surface area (Å²) in [6.45, 7) is 2.28. The average molecular weight is 312 g/mol. The fraction of sp³-hybridized carbons (Fsp3) is 0.0909. The van der Waals surface area contributed by atoms with Crippen LogP contribution in [0.1, 0.15) is 27.3 Å². The van der Waals surface area contributed by atoms with Crippen molar-refractivity contribution < 1.29 is 9.36 Å². The zero-order chi connectivity index (χ0) is 16.8. The number of hydrogen-bond donors (Lipinski definition) is 0. The van der Waals surface area contributed by atoms with Crippen molar-refractivity contribution in [1.29, 1.82) is 0 Å². The summed E-state index contributed by atoms with van der Waals surface area (Å²) in [7, 11) is 0. The van der Waals surface area contributed by atoms with E-state index in [0.717, 1.165) is 22.5 Å². The maximum absolute atomic E-state index is 12.5. The van der Waals surface area contributed by atoms with Crippen LogP contribution in [0.4, 0.5) is 0 Å². The molecule has 1 aromatic heterocycles. The summed E-state index contributed by atoms with van der Waals surface area (Å²) in [5.74, 6) is 6.43. The van der Waals surface area contributed by atoms with Crippen molar-refractivity contribution in [1.82, 2.24) is 0 Å². The number of aryl methyl sites for hydroxylation is 1. The molecule has 24 heavy (non-hydrogen) atoms. The first-order valence-electron chi connectivity index (χ1n) is 7.89. The van der Waals surface area contributed by atoms with E-state index in [-0.39, 0.29) is 12.3 Å². The van der Waals surface area contributed by atoms with Gasteiger partial charge in [0.25, 0.3) is 5.69 Å². The first-order chi connectivity index (χ1) is 11.7. The number of nitrogens with zero attached hydrogens (tertiary/aromatic N) is 1. The zero-order valence-electron chi connectivity index (χ0n) is 13.6. The van der Waals surface area contributed by atoms with Gasteiger partial charge in [0, 0.05) is 36.1 Å². The molecule has 0 spiro atoms. The molecule has 0 atom stereocenters. The second kappa shape index (κ2) is 7.39. The van der Waals surface area contributed by atoms with Crippen LogP contribution in [-0.2, 0) is 6.54 Å². The van der Waals surface area contributed by atoms with Crippen molar-refractivity contribution in [3.63, 3.8) is 0 Å². The molecule has 1 heterocycles. The molecule has 0 unspecified atom stereocenters. The third-order valence-electron chi connectivity index (χ3n) is 3.81. The van der Waals surface area contributed by atoms with E-state index in [1.807, 2.05) is 90.4 Å². The van der Waals surface area contributed by atoms with Gasteiger partial charge in [0.2, 0.25) is 12.3 Å². The Hall–Kier alpha value is -3.18. The summed E-state index contributed by atoms with van der Waals surface area (Å²) in [6.07, 6.45) is 0. The van der Waals surface area contributed by atoms with Crippen molar-refractivity contribution >= 4 is 5.78 Å². The lowest BCUT2D eigenvalue weighted by Gasteiger charge is -2.03. The van der Waals surface area contributed by atoms with Crippen molar-refractivity contribution in [3.8, 4) is 11.8 Å². The first-order valence-corrected chi connectivity index (χ1v) is 7.89. The molecule has 3 aromatic rings. The van der Waals surface area contributed by atoms with Gasteiger partial charge in [0.05, 0.1) is 0 Å². The lowest BCUT2D eigenvalue weighted by atomic mass is 10.1. The lowest BCUT2D eigenvalue weighted by Crippen LogP contribution is -2.43. The number of pyridine rings is 1. The molecule has 116 valence electrons. The fourth-order valence-corrected chi connectivity index (χ4v) is 2.48. The van der Waals surface area contributed by atoms with Crippen LogP contribution in [0.5, 0.6) is 0 Å². The van der Waals surface area contributed by atoms with Crippen LogP contribution in [0.3, 0.4) is 0 Å². The van der Waals surface area contributed by atoms with Gasteiger partial charge >= 0.3 is 0 Å². The van der Waals surface area contributed by atoms with E-state index in [1.165, 1.54) is 0 Å². The second-order valence-corrected chi connectivity index (χ2v) is 5.54. The van der Waals surface area contributed by atoms with Crippen molar-refractivity contribution in [3.05, 3.63) is 101 Å². The molecule has 0 amide bonds. The maximum Gasteiger partial charge on any atom is 0.257 e. The standard InChI is InChI=1S/C22H18NO/c1-18-9-8-14-21(16-15-19-10-4-2-5-11-19)23(18)17-22(24)20-12-6-3-7-13-20/h2-14H,17H2,1H3/q+1. The number of Topliss-reactive ketones (excluding diaryl/α,β-unsaturated/α-hetero) is 1. The van der Waals surface area contributed by atoms with Crippen LogP contribution in [-0.4, -0.2) is 5.78 Å². The topological polar surface area (TPSA) is 20.9 Å². The molecule has 0 N–H and O–H groups in total. The number of ketones is 1. The third-order valence-corrected chi connectivity index (χ3v) is 3.81. The van der Waals surface area contributed by atoms with E-state index in [2.05, 4.69) is 11.8 Å². The largest absolute Gasteiger partial charge is 0.287 e. The zero-order valence-corrected chi connectivity index (χ0v) is 13.6. The Bertz CT molecular complexity index is 903. The molecule has 0 aliphatic rings. The summed E-state index contributed by atoms with van der Waals surface area (Å²) in [4.78, 5) is 12.5. The van der Waals surface area contributed by atoms with Crippen LogP contribution in [0.2, 0.25) is 0 Å². The molecular weight excluding hydrogens is 294 g/mol. The summed E-state index contributed by atoms with van der Waals surface area (Å²) in [5.41, 5.74) is 3.53. The molecule has 0 fully saturated rings. The minimum atomic E-state index is 0.0812. The molecule has 2 nitrogen and oxygen atoms in total. The van der Waals surface area contributed by atoms with Crippen LogP contribution < -0.4 is 4.57 Å². The highest BCUT2D eigenvalue weighted by molar-refractivity contribution is 5.95. The van der Waals surface area contributed by atoms with E-state index < -0.39 is 0 Å². The van der Waals surface area contributed by atoms with Gasteiger partial charge < -0.3 is 0 Å². The summed E-state index contributed by atoms with van der Waals surface area (Å²) < 4.78 is 1.96. The van der Waals surface area contributed by atoms with Gasteiger partial charge in [-0.1, -0.05) is 54.5 Å². The molecule has 0 aliphatic heterocycles. The molecule has 2 aromatic carbocycles. The number of carbonyl (C=O) groups is 1. The molecule has 2 heteroatoms. The van der Waals surface area contributed by atoms with Crippen LogP contribution in [0.25, 0.3) is 0 Å². The quantitative estimate of drug-likeness (QED) is 0.411. The van der Waals surface area contributed by atoms with E-state index in [4.69, 9.17) is 0 Å². The number of hydrogen-bond acceptors (Lipinski definition) is 1. The monoisotopic (exact) mass is 312 g/mol. The average Bonchev–Trinajstić information content (AvgIpc) is 2.63. The van der Waals surface area contributed by atoms with Gasteiger partial charge in [0.1, 0.15) is 0 Å². The predicted molar refractivity (Wildman–Crippen MR) is 94.6 cm³/mol. The highest BCUT2D eigenvalue weighted by Gasteiger charge is 2.17. The lowest BCUT2D eigenvalue weighted by molar-refractivity contribution is -0.691. The minimum absolute atomic E-state index is 0.0812.